The number of hydrogen-bond donors (Lipinski definition) is 0. The van der Waals surface area contributed by atoms with E-state index in [0.717, 1.165) is 5.56 Å². The van der Waals surface area contributed by atoms with Crippen molar-refractivity contribution in [2.45, 2.75) is 52.1 Å². The molecular weight excluding hydrogens is 311 g/mol. The number of nitrogens with zero attached hydrogens (tertiary/aromatic N) is 3. The lowest BCUT2D eigenvalue weighted by molar-refractivity contribution is -0.144. The molecule has 4 nitrogen and oxygen atoms in total. The fraction of sp³-hybridized carbons (Fsp3) is 0.571. The van der Waals surface area contributed by atoms with Crippen LogP contribution >= 0.6 is 0 Å². The van der Waals surface area contributed by atoms with E-state index in [2.05, 4.69) is 10.1 Å². The lowest BCUT2D eigenvalue weighted by Gasteiger charge is -2.20. The van der Waals surface area contributed by atoms with Gasteiger partial charge in [-0.2, -0.15) is 13.2 Å². The van der Waals surface area contributed by atoms with Gasteiger partial charge >= 0.3 is 6.18 Å². The smallest absolute Gasteiger partial charge is 0.415 e. The monoisotopic (exact) mass is 331 g/mol. The first-order valence-electron chi connectivity index (χ1n) is 7.08. The van der Waals surface area contributed by atoms with E-state index in [4.69, 9.17) is 4.43 Å². The van der Waals surface area contributed by atoms with Gasteiger partial charge in [-0.1, -0.05) is 26.8 Å². The van der Waals surface area contributed by atoms with Gasteiger partial charge in [-0.05, 0) is 24.6 Å². The summed E-state index contributed by atoms with van der Waals surface area (Å²) in [4.78, 5) is 3.72. The highest BCUT2D eigenvalue weighted by molar-refractivity contribution is 6.48. The number of aromatic nitrogens is 3. The van der Waals surface area contributed by atoms with E-state index in [9.17, 15) is 13.2 Å². The summed E-state index contributed by atoms with van der Waals surface area (Å²) >= 11 is 0. The average Bonchev–Trinajstić information content (AvgIpc) is 2.78. The molecule has 0 saturated carbocycles. The number of halogens is 3. The molecule has 0 saturated heterocycles. The number of rotatable bonds is 3. The summed E-state index contributed by atoms with van der Waals surface area (Å²) in [6.45, 7) is 10.0. The molecule has 0 bridgehead atoms. The number of pyridine rings is 1. The summed E-state index contributed by atoms with van der Waals surface area (Å²) in [6.07, 6.45) is -4.56. The van der Waals surface area contributed by atoms with Crippen LogP contribution in [0.2, 0.25) is 13.1 Å². The highest BCUT2D eigenvalue weighted by atomic mass is 28.3. The Balaban J connectivity index is 2.62. The standard InChI is InChI=1S/C14H20F3N3OSi/c1-13(2,3)10-7-6-9(8-21-22(4)5)20-11(10)18-12(19-20)14(15,16)17/h6-7,22H,8H2,1-5H3. The van der Waals surface area contributed by atoms with Gasteiger partial charge < -0.3 is 4.43 Å². The van der Waals surface area contributed by atoms with E-state index in [0.29, 0.717) is 5.69 Å². The summed E-state index contributed by atoms with van der Waals surface area (Å²) in [5, 5.41) is 3.65. The van der Waals surface area contributed by atoms with Gasteiger partial charge in [0.05, 0.1) is 12.3 Å². The van der Waals surface area contributed by atoms with Crippen LogP contribution in [0.3, 0.4) is 0 Å². The van der Waals surface area contributed by atoms with Crippen molar-refractivity contribution in [3.8, 4) is 0 Å². The van der Waals surface area contributed by atoms with Crippen molar-refractivity contribution < 1.29 is 17.6 Å². The normalized spacial score (nSPS) is 13.3. The predicted molar refractivity (Wildman–Crippen MR) is 80.4 cm³/mol. The maximum atomic E-state index is 12.9. The molecule has 0 radical (unpaired) electrons. The van der Waals surface area contributed by atoms with Gasteiger partial charge in [0, 0.05) is 5.56 Å². The second-order valence-electron chi connectivity index (χ2n) is 6.52. The molecule has 22 heavy (non-hydrogen) atoms. The zero-order valence-corrected chi connectivity index (χ0v) is 14.5. The van der Waals surface area contributed by atoms with Crippen LogP contribution in [-0.4, -0.2) is 23.6 Å². The molecular formula is C14H20F3N3OSi. The maximum absolute atomic E-state index is 12.9. The summed E-state index contributed by atoms with van der Waals surface area (Å²) in [7, 11) is -1.28. The largest absolute Gasteiger partial charge is 0.453 e. The van der Waals surface area contributed by atoms with E-state index in [-0.39, 0.29) is 17.7 Å². The van der Waals surface area contributed by atoms with Gasteiger partial charge in [0.1, 0.15) is 0 Å². The van der Waals surface area contributed by atoms with E-state index in [1.54, 1.807) is 6.07 Å². The first-order valence-corrected chi connectivity index (χ1v) is 9.86. The van der Waals surface area contributed by atoms with Gasteiger partial charge in [-0.15, -0.1) is 5.10 Å². The van der Waals surface area contributed by atoms with E-state index >= 15 is 0 Å². The van der Waals surface area contributed by atoms with Crippen LogP contribution in [0.15, 0.2) is 12.1 Å². The molecule has 8 heteroatoms. The Morgan fingerprint density at radius 1 is 1.18 bits per heavy atom. The van der Waals surface area contributed by atoms with Crippen LogP contribution in [0, 0.1) is 0 Å². The van der Waals surface area contributed by atoms with Crippen molar-refractivity contribution in [1.82, 2.24) is 14.6 Å². The zero-order valence-electron chi connectivity index (χ0n) is 13.3. The first kappa shape index (κ1) is 16.9. The number of alkyl halides is 3. The molecule has 0 fully saturated rings. The highest BCUT2D eigenvalue weighted by Gasteiger charge is 2.37. The molecule has 2 aromatic rings. The third kappa shape index (κ3) is 3.49. The van der Waals surface area contributed by atoms with Crippen molar-refractivity contribution in [2.75, 3.05) is 0 Å². The SMILES string of the molecule is C[SiH](C)OCc1ccc(C(C)(C)C)c2nc(C(F)(F)F)nn12. The molecule has 0 aromatic carbocycles. The second-order valence-corrected chi connectivity index (χ2v) is 8.95. The van der Waals surface area contributed by atoms with Crippen molar-refractivity contribution in [1.29, 1.82) is 0 Å². The van der Waals surface area contributed by atoms with Crippen LogP contribution in [0.4, 0.5) is 13.2 Å². The van der Waals surface area contributed by atoms with E-state index < -0.39 is 21.0 Å². The fourth-order valence-corrected chi connectivity index (χ4v) is 2.58. The van der Waals surface area contributed by atoms with Crippen LogP contribution in [0.25, 0.3) is 5.65 Å². The van der Waals surface area contributed by atoms with Crippen molar-refractivity contribution >= 4 is 14.7 Å². The molecule has 0 unspecified atom stereocenters. The van der Waals surface area contributed by atoms with Crippen LogP contribution < -0.4 is 0 Å². The molecule has 0 N–H and O–H groups in total. The van der Waals surface area contributed by atoms with Gasteiger partial charge in [-0.3, -0.25) is 0 Å². The molecule has 2 rings (SSSR count). The molecule has 0 aliphatic carbocycles. The summed E-state index contributed by atoms with van der Waals surface area (Å²) in [5.74, 6) is -1.12. The average molecular weight is 331 g/mol. The topological polar surface area (TPSA) is 39.4 Å². The van der Waals surface area contributed by atoms with Crippen molar-refractivity contribution in [2.24, 2.45) is 0 Å². The quantitative estimate of drug-likeness (QED) is 0.808. The summed E-state index contributed by atoms with van der Waals surface area (Å²) in [6, 6.07) is 3.57. The lowest BCUT2D eigenvalue weighted by Crippen LogP contribution is -2.16. The van der Waals surface area contributed by atoms with Crippen molar-refractivity contribution in [3.05, 3.63) is 29.2 Å². The summed E-state index contributed by atoms with van der Waals surface area (Å²) in [5.41, 5.74) is 1.21. The van der Waals surface area contributed by atoms with E-state index in [1.807, 2.05) is 39.9 Å². The third-order valence-corrected chi connectivity index (χ3v) is 4.02. The van der Waals surface area contributed by atoms with Gasteiger partial charge in [0.15, 0.2) is 14.7 Å². The molecule has 0 aliphatic rings. The number of fused-ring (bicyclic) bond motifs is 1. The maximum Gasteiger partial charge on any atom is 0.453 e. The lowest BCUT2D eigenvalue weighted by atomic mass is 9.87. The minimum atomic E-state index is -4.56. The van der Waals surface area contributed by atoms with Gasteiger partial charge in [-0.25, -0.2) is 9.50 Å². The van der Waals surface area contributed by atoms with Crippen LogP contribution in [-0.2, 0) is 22.6 Å². The van der Waals surface area contributed by atoms with Crippen LogP contribution in [0.1, 0.15) is 37.9 Å². The fourth-order valence-electron chi connectivity index (χ4n) is 2.08. The Morgan fingerprint density at radius 2 is 1.82 bits per heavy atom. The van der Waals surface area contributed by atoms with Gasteiger partial charge in [0.25, 0.3) is 5.82 Å². The predicted octanol–water partition coefficient (Wildman–Crippen LogP) is 3.55. The molecule has 0 atom stereocenters. The van der Waals surface area contributed by atoms with E-state index in [1.165, 1.54) is 4.52 Å². The molecule has 0 spiro atoms. The summed E-state index contributed by atoms with van der Waals surface area (Å²) < 4.78 is 45.7. The van der Waals surface area contributed by atoms with Crippen LogP contribution in [0.5, 0.6) is 0 Å². The third-order valence-electron chi connectivity index (χ3n) is 3.19. The highest BCUT2D eigenvalue weighted by Crippen LogP contribution is 2.31. The Morgan fingerprint density at radius 3 is 2.32 bits per heavy atom. The van der Waals surface area contributed by atoms with Crippen molar-refractivity contribution in [3.63, 3.8) is 0 Å². The second kappa shape index (κ2) is 5.66. The molecule has 0 aliphatic heterocycles. The Hall–Kier alpha value is -1.41. The molecule has 2 aromatic heterocycles. The Kier molecular flexibility index (Phi) is 4.36. The minimum absolute atomic E-state index is 0.242. The first-order chi connectivity index (χ1) is 10.00. The molecule has 0 amide bonds. The minimum Gasteiger partial charge on any atom is -0.415 e. The van der Waals surface area contributed by atoms with Gasteiger partial charge in [0.2, 0.25) is 0 Å². The zero-order chi connectivity index (χ0) is 16.7. The number of hydrogen-bond acceptors (Lipinski definition) is 3. The Bertz CT molecular complexity index is 674. The Labute approximate surface area is 129 Å². The molecule has 122 valence electrons. The molecule has 2 heterocycles.